The van der Waals surface area contributed by atoms with Crippen molar-refractivity contribution >= 4 is 11.6 Å². The molecule has 0 saturated carbocycles. The number of ether oxygens (including phenoxy) is 2. The van der Waals surface area contributed by atoms with Gasteiger partial charge in [0.15, 0.2) is 11.5 Å². The van der Waals surface area contributed by atoms with E-state index in [9.17, 15) is 0 Å². The highest BCUT2D eigenvalue weighted by Gasteiger charge is 2.23. The Balaban J connectivity index is 1.78. The van der Waals surface area contributed by atoms with Gasteiger partial charge in [-0.3, -0.25) is 4.90 Å². The Bertz CT molecular complexity index is 413. The number of hydrogen-bond acceptors (Lipinski definition) is 3. The number of para-hydroxylation sites is 2. The average Bonchev–Trinajstić information content (AvgIpc) is 2.45. The fourth-order valence-corrected chi connectivity index (χ4v) is 2.71. The molecule has 1 heterocycles. The summed E-state index contributed by atoms with van der Waals surface area (Å²) < 4.78 is 11.4. The van der Waals surface area contributed by atoms with Crippen LogP contribution in [-0.2, 0) is 0 Å². The second-order valence-corrected chi connectivity index (χ2v) is 5.87. The van der Waals surface area contributed by atoms with Gasteiger partial charge in [0, 0.05) is 18.5 Å². The molecule has 1 aliphatic heterocycles. The summed E-state index contributed by atoms with van der Waals surface area (Å²) in [7, 11) is 0. The van der Waals surface area contributed by atoms with E-state index in [0.717, 1.165) is 37.6 Å². The van der Waals surface area contributed by atoms with Crippen molar-refractivity contribution in [2.24, 2.45) is 5.92 Å². The molecule has 1 aromatic carbocycles. The minimum Gasteiger partial charge on any atom is -0.490 e. The predicted octanol–water partition coefficient (Wildman–Crippen LogP) is 3.41. The summed E-state index contributed by atoms with van der Waals surface area (Å²) in [5, 5.41) is 0.325. The molecular formula is C16H24ClNO2. The number of hydrogen-bond donors (Lipinski definition) is 0. The maximum Gasteiger partial charge on any atom is 0.161 e. The van der Waals surface area contributed by atoms with Crippen molar-refractivity contribution in [1.29, 1.82) is 0 Å². The Labute approximate surface area is 126 Å². The molecule has 20 heavy (non-hydrogen) atoms. The van der Waals surface area contributed by atoms with Gasteiger partial charge in [0.25, 0.3) is 0 Å². The van der Waals surface area contributed by atoms with Gasteiger partial charge < -0.3 is 9.47 Å². The standard InChI is InChI=1S/C16H24ClNO2/c1-3-19-15-6-4-5-7-16(15)20-11-10-18-9-8-14(17)13(2)12-18/h4-7,13-14H,3,8-12H2,1-2H3. The molecule has 0 aromatic heterocycles. The molecule has 0 radical (unpaired) electrons. The summed E-state index contributed by atoms with van der Waals surface area (Å²) in [4.78, 5) is 2.42. The smallest absolute Gasteiger partial charge is 0.161 e. The van der Waals surface area contributed by atoms with E-state index in [1.807, 2.05) is 31.2 Å². The molecule has 0 amide bonds. The lowest BCUT2D eigenvalue weighted by Crippen LogP contribution is -2.41. The van der Waals surface area contributed by atoms with Crippen LogP contribution in [0, 0.1) is 5.92 Å². The van der Waals surface area contributed by atoms with Crippen molar-refractivity contribution in [3.05, 3.63) is 24.3 Å². The summed E-state index contributed by atoms with van der Waals surface area (Å²) in [6.45, 7) is 8.60. The van der Waals surface area contributed by atoms with E-state index in [1.54, 1.807) is 0 Å². The third-order valence-corrected chi connectivity index (χ3v) is 4.35. The van der Waals surface area contributed by atoms with Gasteiger partial charge in [-0.1, -0.05) is 19.1 Å². The molecule has 1 aliphatic rings. The van der Waals surface area contributed by atoms with Crippen molar-refractivity contribution in [2.75, 3.05) is 32.8 Å². The van der Waals surface area contributed by atoms with Gasteiger partial charge in [-0.05, 0) is 37.9 Å². The molecule has 1 aromatic rings. The zero-order valence-corrected chi connectivity index (χ0v) is 13.1. The van der Waals surface area contributed by atoms with E-state index < -0.39 is 0 Å². The molecule has 0 bridgehead atoms. The van der Waals surface area contributed by atoms with Crippen molar-refractivity contribution in [1.82, 2.24) is 4.90 Å². The molecule has 3 nitrogen and oxygen atoms in total. The SMILES string of the molecule is CCOc1ccccc1OCCN1CCC(Cl)C(C)C1. The van der Waals surface area contributed by atoms with Crippen LogP contribution in [0.25, 0.3) is 0 Å². The monoisotopic (exact) mass is 297 g/mol. The van der Waals surface area contributed by atoms with Crippen LogP contribution in [-0.4, -0.2) is 43.1 Å². The molecule has 4 heteroatoms. The Hall–Kier alpha value is -0.930. The van der Waals surface area contributed by atoms with E-state index in [-0.39, 0.29) is 0 Å². The number of benzene rings is 1. The van der Waals surface area contributed by atoms with Crippen LogP contribution >= 0.6 is 11.6 Å². The second kappa shape index (κ2) is 7.75. The van der Waals surface area contributed by atoms with Gasteiger partial charge in [0.2, 0.25) is 0 Å². The number of nitrogens with zero attached hydrogens (tertiary/aromatic N) is 1. The van der Waals surface area contributed by atoms with Gasteiger partial charge >= 0.3 is 0 Å². The minimum absolute atomic E-state index is 0.325. The van der Waals surface area contributed by atoms with Crippen LogP contribution in [0.2, 0.25) is 0 Å². The fraction of sp³-hybridized carbons (Fsp3) is 0.625. The third kappa shape index (κ3) is 4.29. The predicted molar refractivity (Wildman–Crippen MR) is 83.0 cm³/mol. The van der Waals surface area contributed by atoms with Crippen molar-refractivity contribution in [3.63, 3.8) is 0 Å². The van der Waals surface area contributed by atoms with Crippen molar-refractivity contribution in [3.8, 4) is 11.5 Å². The summed E-state index contributed by atoms with van der Waals surface area (Å²) in [5.74, 6) is 2.21. The first-order valence-corrected chi connectivity index (χ1v) is 7.85. The molecule has 112 valence electrons. The van der Waals surface area contributed by atoms with E-state index in [0.29, 0.717) is 24.5 Å². The van der Waals surface area contributed by atoms with Gasteiger partial charge in [0.1, 0.15) is 6.61 Å². The number of halogens is 1. The van der Waals surface area contributed by atoms with Crippen molar-refractivity contribution in [2.45, 2.75) is 25.6 Å². The molecule has 0 spiro atoms. The summed E-state index contributed by atoms with van der Waals surface area (Å²) in [6.07, 6.45) is 1.07. The first-order valence-electron chi connectivity index (χ1n) is 7.41. The van der Waals surface area contributed by atoms with Gasteiger partial charge in [-0.25, -0.2) is 0 Å². The second-order valence-electron chi connectivity index (χ2n) is 5.31. The topological polar surface area (TPSA) is 21.7 Å². The molecule has 0 aliphatic carbocycles. The van der Waals surface area contributed by atoms with Crippen LogP contribution in [0.4, 0.5) is 0 Å². The summed E-state index contributed by atoms with van der Waals surface area (Å²) >= 11 is 6.24. The van der Waals surface area contributed by atoms with Crippen LogP contribution in [0.3, 0.4) is 0 Å². The normalized spacial score (nSPS) is 23.6. The van der Waals surface area contributed by atoms with E-state index in [4.69, 9.17) is 21.1 Å². The number of likely N-dealkylation sites (tertiary alicyclic amines) is 1. The Kier molecular flexibility index (Phi) is 5.99. The van der Waals surface area contributed by atoms with Gasteiger partial charge in [-0.15, -0.1) is 11.6 Å². The minimum atomic E-state index is 0.325. The van der Waals surface area contributed by atoms with Crippen LogP contribution in [0.5, 0.6) is 11.5 Å². The zero-order valence-electron chi connectivity index (χ0n) is 12.3. The maximum atomic E-state index is 6.24. The Morgan fingerprint density at radius 3 is 2.60 bits per heavy atom. The highest BCUT2D eigenvalue weighted by atomic mass is 35.5. The highest BCUT2D eigenvalue weighted by molar-refractivity contribution is 6.20. The molecular weight excluding hydrogens is 274 g/mol. The van der Waals surface area contributed by atoms with Gasteiger partial charge in [0.05, 0.1) is 6.61 Å². The number of rotatable bonds is 6. The first kappa shape index (κ1) is 15.5. The molecule has 2 unspecified atom stereocenters. The van der Waals surface area contributed by atoms with Crippen LogP contribution in [0.15, 0.2) is 24.3 Å². The van der Waals surface area contributed by atoms with Crippen LogP contribution in [0.1, 0.15) is 20.3 Å². The number of alkyl halides is 1. The lowest BCUT2D eigenvalue weighted by molar-refractivity contribution is 0.154. The molecule has 2 atom stereocenters. The first-order chi connectivity index (χ1) is 9.70. The van der Waals surface area contributed by atoms with Crippen LogP contribution < -0.4 is 9.47 Å². The van der Waals surface area contributed by atoms with E-state index in [2.05, 4.69) is 11.8 Å². The van der Waals surface area contributed by atoms with E-state index in [1.165, 1.54) is 0 Å². The lowest BCUT2D eigenvalue weighted by atomic mass is 10.00. The molecule has 0 N–H and O–H groups in total. The fourth-order valence-electron chi connectivity index (χ4n) is 2.54. The average molecular weight is 298 g/mol. The molecule has 1 fully saturated rings. The summed E-state index contributed by atoms with van der Waals surface area (Å²) in [6, 6.07) is 7.84. The Morgan fingerprint density at radius 2 is 1.95 bits per heavy atom. The Morgan fingerprint density at radius 1 is 1.25 bits per heavy atom. The quantitative estimate of drug-likeness (QED) is 0.751. The van der Waals surface area contributed by atoms with E-state index >= 15 is 0 Å². The molecule has 1 saturated heterocycles. The lowest BCUT2D eigenvalue weighted by Gasteiger charge is -2.33. The summed E-state index contributed by atoms with van der Waals surface area (Å²) in [5.41, 5.74) is 0. The van der Waals surface area contributed by atoms with Crippen molar-refractivity contribution < 1.29 is 9.47 Å². The highest BCUT2D eigenvalue weighted by Crippen LogP contribution is 2.26. The third-order valence-electron chi connectivity index (χ3n) is 3.70. The zero-order chi connectivity index (χ0) is 14.4. The van der Waals surface area contributed by atoms with Gasteiger partial charge in [-0.2, -0.15) is 0 Å². The maximum absolute atomic E-state index is 6.24. The largest absolute Gasteiger partial charge is 0.490 e. The number of piperidine rings is 1. The molecule has 2 rings (SSSR count).